The number of hydrogen-bond acceptors (Lipinski definition) is 2. The summed E-state index contributed by atoms with van der Waals surface area (Å²) in [5.74, 6) is 0.832. The molecule has 0 aromatic carbocycles. The van der Waals surface area contributed by atoms with E-state index in [9.17, 15) is 0 Å². The SMILES string of the molecule is CC(C)CCN1CC1CN. The van der Waals surface area contributed by atoms with Gasteiger partial charge in [0.1, 0.15) is 0 Å². The van der Waals surface area contributed by atoms with E-state index in [2.05, 4.69) is 18.7 Å². The summed E-state index contributed by atoms with van der Waals surface area (Å²) < 4.78 is 0. The van der Waals surface area contributed by atoms with Gasteiger partial charge in [-0.2, -0.15) is 0 Å². The van der Waals surface area contributed by atoms with E-state index in [1.54, 1.807) is 0 Å². The Balaban J connectivity index is 1.96. The monoisotopic (exact) mass is 142 g/mol. The van der Waals surface area contributed by atoms with Crippen LogP contribution in [0.15, 0.2) is 0 Å². The van der Waals surface area contributed by atoms with Gasteiger partial charge in [0, 0.05) is 19.1 Å². The third kappa shape index (κ3) is 2.27. The van der Waals surface area contributed by atoms with Gasteiger partial charge in [-0.05, 0) is 18.9 Å². The first kappa shape index (κ1) is 8.02. The predicted molar refractivity (Wildman–Crippen MR) is 43.9 cm³/mol. The van der Waals surface area contributed by atoms with Gasteiger partial charge in [-0.15, -0.1) is 0 Å². The van der Waals surface area contributed by atoms with Crippen LogP contribution in [0.5, 0.6) is 0 Å². The lowest BCUT2D eigenvalue weighted by molar-refractivity contribution is 0.441. The van der Waals surface area contributed by atoms with E-state index in [1.807, 2.05) is 0 Å². The van der Waals surface area contributed by atoms with Crippen LogP contribution in [-0.4, -0.2) is 30.6 Å². The number of hydrogen-bond donors (Lipinski definition) is 1. The molecule has 2 atom stereocenters. The molecular weight excluding hydrogens is 124 g/mol. The van der Waals surface area contributed by atoms with Crippen LogP contribution in [0.2, 0.25) is 0 Å². The van der Waals surface area contributed by atoms with Crippen molar-refractivity contribution in [2.45, 2.75) is 26.3 Å². The van der Waals surface area contributed by atoms with Gasteiger partial charge in [-0.25, -0.2) is 0 Å². The predicted octanol–water partition coefficient (Wildman–Crippen LogP) is 0.675. The minimum Gasteiger partial charge on any atom is -0.329 e. The maximum Gasteiger partial charge on any atom is 0.0346 e. The molecule has 60 valence electrons. The first-order chi connectivity index (χ1) is 4.74. The third-order valence-electron chi connectivity index (χ3n) is 2.09. The molecule has 2 unspecified atom stereocenters. The Hall–Kier alpha value is -0.0800. The van der Waals surface area contributed by atoms with Gasteiger partial charge in [-0.1, -0.05) is 13.8 Å². The van der Waals surface area contributed by atoms with Crippen LogP contribution in [0.1, 0.15) is 20.3 Å². The van der Waals surface area contributed by atoms with Crippen LogP contribution in [0.3, 0.4) is 0 Å². The Bertz CT molecular complexity index is 101. The zero-order chi connectivity index (χ0) is 7.56. The van der Waals surface area contributed by atoms with E-state index >= 15 is 0 Å². The van der Waals surface area contributed by atoms with Crippen molar-refractivity contribution in [2.24, 2.45) is 11.7 Å². The first-order valence-corrected chi connectivity index (χ1v) is 4.18. The molecular formula is C8H18N2. The van der Waals surface area contributed by atoms with Gasteiger partial charge in [0.05, 0.1) is 0 Å². The van der Waals surface area contributed by atoms with Crippen LogP contribution >= 0.6 is 0 Å². The van der Waals surface area contributed by atoms with Crippen molar-refractivity contribution in [1.82, 2.24) is 4.90 Å². The standard InChI is InChI=1S/C8H18N2/c1-7(2)3-4-10-6-8(10)5-9/h7-8H,3-6,9H2,1-2H3. The summed E-state index contributed by atoms with van der Waals surface area (Å²) in [6.45, 7) is 7.86. The Kier molecular flexibility index (Phi) is 2.69. The molecule has 0 amide bonds. The van der Waals surface area contributed by atoms with Gasteiger partial charge in [0.25, 0.3) is 0 Å². The molecule has 0 radical (unpaired) electrons. The van der Waals surface area contributed by atoms with E-state index in [0.29, 0.717) is 0 Å². The molecule has 1 fully saturated rings. The maximum atomic E-state index is 5.49. The van der Waals surface area contributed by atoms with Crippen molar-refractivity contribution in [2.75, 3.05) is 19.6 Å². The summed E-state index contributed by atoms with van der Waals surface area (Å²) in [4.78, 5) is 2.44. The molecule has 2 nitrogen and oxygen atoms in total. The molecule has 2 N–H and O–H groups in total. The average Bonchev–Trinajstić information content (AvgIpc) is 2.61. The van der Waals surface area contributed by atoms with Gasteiger partial charge < -0.3 is 5.73 Å². The molecule has 1 heterocycles. The molecule has 1 saturated heterocycles. The summed E-state index contributed by atoms with van der Waals surface area (Å²) in [5, 5.41) is 0. The Morgan fingerprint density at radius 1 is 1.60 bits per heavy atom. The highest BCUT2D eigenvalue weighted by molar-refractivity contribution is 4.89. The minimum atomic E-state index is 0.721. The lowest BCUT2D eigenvalue weighted by atomic mass is 10.1. The quantitative estimate of drug-likeness (QED) is 0.585. The van der Waals surface area contributed by atoms with E-state index in [0.717, 1.165) is 18.5 Å². The highest BCUT2D eigenvalue weighted by atomic mass is 15.3. The van der Waals surface area contributed by atoms with E-state index in [-0.39, 0.29) is 0 Å². The first-order valence-electron chi connectivity index (χ1n) is 4.18. The zero-order valence-corrected chi connectivity index (χ0v) is 7.01. The fourth-order valence-electron chi connectivity index (χ4n) is 1.15. The van der Waals surface area contributed by atoms with Crippen molar-refractivity contribution in [3.63, 3.8) is 0 Å². The molecule has 2 heteroatoms. The van der Waals surface area contributed by atoms with E-state index < -0.39 is 0 Å². The number of rotatable bonds is 4. The smallest absolute Gasteiger partial charge is 0.0346 e. The van der Waals surface area contributed by atoms with Crippen LogP contribution in [0, 0.1) is 5.92 Å². The normalized spacial score (nSPS) is 31.2. The van der Waals surface area contributed by atoms with Gasteiger partial charge in [0.2, 0.25) is 0 Å². The molecule has 0 aliphatic carbocycles. The van der Waals surface area contributed by atoms with Gasteiger partial charge >= 0.3 is 0 Å². The van der Waals surface area contributed by atoms with Crippen LogP contribution < -0.4 is 5.73 Å². The summed E-state index contributed by atoms with van der Waals surface area (Å²) in [6.07, 6.45) is 1.32. The molecule has 1 aliphatic rings. The summed E-state index contributed by atoms with van der Waals surface area (Å²) >= 11 is 0. The van der Waals surface area contributed by atoms with Crippen LogP contribution in [-0.2, 0) is 0 Å². The number of nitrogens with two attached hydrogens (primary N) is 1. The summed E-state index contributed by atoms with van der Waals surface area (Å²) in [7, 11) is 0. The summed E-state index contributed by atoms with van der Waals surface area (Å²) in [6, 6.07) is 0.721. The van der Waals surface area contributed by atoms with E-state index in [4.69, 9.17) is 5.73 Å². The highest BCUT2D eigenvalue weighted by Crippen LogP contribution is 2.17. The molecule has 0 bridgehead atoms. The molecule has 0 spiro atoms. The molecule has 0 saturated carbocycles. The van der Waals surface area contributed by atoms with Crippen LogP contribution in [0.4, 0.5) is 0 Å². The van der Waals surface area contributed by atoms with Crippen molar-refractivity contribution >= 4 is 0 Å². The Morgan fingerprint density at radius 3 is 2.70 bits per heavy atom. The topological polar surface area (TPSA) is 29.0 Å². The zero-order valence-electron chi connectivity index (χ0n) is 7.01. The summed E-state index contributed by atoms with van der Waals surface area (Å²) in [5.41, 5.74) is 5.49. The molecule has 10 heavy (non-hydrogen) atoms. The second-order valence-electron chi connectivity index (χ2n) is 3.57. The average molecular weight is 142 g/mol. The minimum absolute atomic E-state index is 0.721. The second-order valence-corrected chi connectivity index (χ2v) is 3.57. The van der Waals surface area contributed by atoms with Gasteiger partial charge in [0.15, 0.2) is 0 Å². The van der Waals surface area contributed by atoms with E-state index in [1.165, 1.54) is 19.5 Å². The fourth-order valence-corrected chi connectivity index (χ4v) is 1.15. The Morgan fingerprint density at radius 2 is 2.30 bits per heavy atom. The van der Waals surface area contributed by atoms with Crippen molar-refractivity contribution in [1.29, 1.82) is 0 Å². The third-order valence-corrected chi connectivity index (χ3v) is 2.09. The number of nitrogens with zero attached hydrogens (tertiary/aromatic N) is 1. The second kappa shape index (κ2) is 3.35. The lowest BCUT2D eigenvalue weighted by Crippen LogP contribution is -2.14. The van der Waals surface area contributed by atoms with Crippen molar-refractivity contribution in [3.05, 3.63) is 0 Å². The van der Waals surface area contributed by atoms with Gasteiger partial charge in [-0.3, -0.25) is 4.90 Å². The fraction of sp³-hybridized carbons (Fsp3) is 1.00. The Labute approximate surface area is 63.4 Å². The van der Waals surface area contributed by atoms with Crippen LogP contribution in [0.25, 0.3) is 0 Å². The molecule has 0 aromatic heterocycles. The largest absolute Gasteiger partial charge is 0.329 e. The lowest BCUT2D eigenvalue weighted by Gasteiger charge is -2.04. The van der Waals surface area contributed by atoms with Crippen molar-refractivity contribution in [3.8, 4) is 0 Å². The highest BCUT2D eigenvalue weighted by Gasteiger charge is 2.31. The maximum absolute atomic E-state index is 5.49. The molecule has 0 aromatic rings. The van der Waals surface area contributed by atoms with Crippen molar-refractivity contribution < 1.29 is 0 Å². The molecule has 1 rings (SSSR count). The molecule has 1 aliphatic heterocycles.